The van der Waals surface area contributed by atoms with E-state index in [0.29, 0.717) is 13.0 Å². The number of carbonyl (C=O) groups excluding carboxylic acids is 1. The molecule has 1 rings (SSSR count). The molecular weight excluding hydrogens is 229 g/mol. The van der Waals surface area contributed by atoms with Gasteiger partial charge in [-0.3, -0.25) is 9.18 Å². The monoisotopic (exact) mass is 245 g/mol. The SMILES string of the molecule is O=C(O)/C=C/C(=O)N1CC[C@H](O)[C@@H](CCF)C1. The molecule has 0 unspecified atom stereocenters. The summed E-state index contributed by atoms with van der Waals surface area (Å²) in [6, 6.07) is 0. The molecule has 1 fully saturated rings. The van der Waals surface area contributed by atoms with Gasteiger partial charge in [0.15, 0.2) is 0 Å². The third kappa shape index (κ3) is 4.14. The number of nitrogens with zero attached hydrogens (tertiary/aromatic N) is 1. The van der Waals surface area contributed by atoms with Gasteiger partial charge in [0.1, 0.15) is 0 Å². The number of carbonyl (C=O) groups is 2. The van der Waals surface area contributed by atoms with Crippen molar-refractivity contribution in [3.63, 3.8) is 0 Å². The van der Waals surface area contributed by atoms with E-state index in [1.165, 1.54) is 4.90 Å². The molecule has 0 radical (unpaired) electrons. The molecule has 2 atom stereocenters. The van der Waals surface area contributed by atoms with Crippen LogP contribution in [0.2, 0.25) is 0 Å². The van der Waals surface area contributed by atoms with Crippen LogP contribution in [-0.2, 0) is 9.59 Å². The van der Waals surface area contributed by atoms with Crippen LogP contribution < -0.4 is 0 Å². The van der Waals surface area contributed by atoms with Crippen LogP contribution in [0.4, 0.5) is 4.39 Å². The number of carboxylic acids is 1. The molecule has 0 saturated carbocycles. The van der Waals surface area contributed by atoms with Crippen molar-refractivity contribution in [1.29, 1.82) is 0 Å². The minimum atomic E-state index is -1.18. The van der Waals surface area contributed by atoms with Crippen molar-refractivity contribution in [2.75, 3.05) is 19.8 Å². The Balaban J connectivity index is 2.55. The van der Waals surface area contributed by atoms with Gasteiger partial charge in [-0.25, -0.2) is 4.79 Å². The standard InChI is InChI=1S/C11H16FNO4/c12-5-3-8-7-13(6-4-9(8)14)10(15)1-2-11(16)17/h1-2,8-9,14H,3-7H2,(H,16,17)/b2-1+/t8-,9-/m0/s1. The molecule has 96 valence electrons. The van der Waals surface area contributed by atoms with Gasteiger partial charge in [-0.1, -0.05) is 0 Å². The highest BCUT2D eigenvalue weighted by atomic mass is 19.1. The summed E-state index contributed by atoms with van der Waals surface area (Å²) in [5.74, 6) is -1.87. The Bertz CT molecular complexity index is 319. The van der Waals surface area contributed by atoms with Crippen LogP contribution in [0.25, 0.3) is 0 Å². The zero-order chi connectivity index (χ0) is 12.8. The number of hydrogen-bond acceptors (Lipinski definition) is 3. The van der Waals surface area contributed by atoms with Crippen LogP contribution in [0.5, 0.6) is 0 Å². The van der Waals surface area contributed by atoms with Crippen molar-refractivity contribution in [1.82, 2.24) is 4.90 Å². The van der Waals surface area contributed by atoms with Crippen LogP contribution in [0.1, 0.15) is 12.8 Å². The van der Waals surface area contributed by atoms with E-state index in [0.717, 1.165) is 12.2 Å². The van der Waals surface area contributed by atoms with E-state index in [9.17, 15) is 19.1 Å². The summed E-state index contributed by atoms with van der Waals surface area (Å²) in [5.41, 5.74) is 0. The maximum Gasteiger partial charge on any atom is 0.328 e. The van der Waals surface area contributed by atoms with Crippen molar-refractivity contribution in [2.24, 2.45) is 5.92 Å². The van der Waals surface area contributed by atoms with Gasteiger partial charge in [0.2, 0.25) is 5.91 Å². The lowest BCUT2D eigenvalue weighted by Gasteiger charge is -2.35. The lowest BCUT2D eigenvalue weighted by molar-refractivity contribution is -0.133. The molecular formula is C11H16FNO4. The first-order valence-corrected chi connectivity index (χ1v) is 5.48. The number of aliphatic hydroxyl groups is 1. The van der Waals surface area contributed by atoms with Gasteiger partial charge in [0, 0.05) is 31.2 Å². The Morgan fingerprint density at radius 1 is 1.41 bits per heavy atom. The van der Waals surface area contributed by atoms with Gasteiger partial charge in [-0.15, -0.1) is 0 Å². The highest BCUT2D eigenvalue weighted by Gasteiger charge is 2.29. The maximum absolute atomic E-state index is 12.2. The number of alkyl halides is 1. The summed E-state index contributed by atoms with van der Waals surface area (Å²) < 4.78 is 12.2. The Morgan fingerprint density at radius 3 is 2.71 bits per heavy atom. The van der Waals surface area contributed by atoms with Crippen molar-refractivity contribution in [3.8, 4) is 0 Å². The summed E-state index contributed by atoms with van der Waals surface area (Å²) >= 11 is 0. The minimum absolute atomic E-state index is 0.216. The second kappa shape index (κ2) is 6.34. The molecule has 1 aliphatic rings. The zero-order valence-corrected chi connectivity index (χ0v) is 9.38. The number of aliphatic hydroxyl groups excluding tert-OH is 1. The number of aliphatic carboxylic acids is 1. The summed E-state index contributed by atoms with van der Waals surface area (Å²) in [7, 11) is 0. The Morgan fingerprint density at radius 2 is 2.12 bits per heavy atom. The summed E-state index contributed by atoms with van der Waals surface area (Å²) in [4.78, 5) is 23.3. The average molecular weight is 245 g/mol. The summed E-state index contributed by atoms with van der Waals surface area (Å²) in [5, 5.41) is 18.0. The smallest absolute Gasteiger partial charge is 0.328 e. The minimum Gasteiger partial charge on any atom is -0.478 e. The molecule has 2 N–H and O–H groups in total. The van der Waals surface area contributed by atoms with Crippen LogP contribution in [-0.4, -0.2) is 52.9 Å². The molecule has 0 aromatic rings. The molecule has 5 nitrogen and oxygen atoms in total. The fourth-order valence-electron chi connectivity index (χ4n) is 1.89. The third-order valence-electron chi connectivity index (χ3n) is 2.85. The summed E-state index contributed by atoms with van der Waals surface area (Å²) in [6.45, 7) is 0.106. The normalized spacial score (nSPS) is 25.2. The number of hydrogen-bond donors (Lipinski definition) is 2. The Hall–Kier alpha value is -1.43. The molecule has 1 saturated heterocycles. The fourth-order valence-corrected chi connectivity index (χ4v) is 1.89. The first kappa shape index (κ1) is 13.6. The van der Waals surface area contributed by atoms with Gasteiger partial charge in [-0.2, -0.15) is 0 Å². The van der Waals surface area contributed by atoms with Crippen LogP contribution in [0, 0.1) is 5.92 Å². The molecule has 1 heterocycles. The molecule has 6 heteroatoms. The number of piperidine rings is 1. The number of rotatable bonds is 4. The van der Waals surface area contributed by atoms with Crippen molar-refractivity contribution >= 4 is 11.9 Å². The van der Waals surface area contributed by atoms with Gasteiger partial charge in [0.25, 0.3) is 0 Å². The number of carboxylic acid groups (broad SMARTS) is 1. The second-order valence-corrected chi connectivity index (χ2v) is 4.05. The van der Waals surface area contributed by atoms with E-state index in [2.05, 4.69) is 0 Å². The topological polar surface area (TPSA) is 77.8 Å². The van der Waals surface area contributed by atoms with Gasteiger partial charge < -0.3 is 15.1 Å². The fraction of sp³-hybridized carbons (Fsp3) is 0.636. The predicted octanol–water partition coefficient (Wildman–Crippen LogP) is 0.196. The van der Waals surface area contributed by atoms with E-state index < -0.39 is 24.7 Å². The molecule has 0 aliphatic carbocycles. The van der Waals surface area contributed by atoms with Gasteiger partial charge >= 0.3 is 5.97 Å². The Labute approximate surface area is 98.5 Å². The van der Waals surface area contributed by atoms with Crippen molar-refractivity contribution in [3.05, 3.63) is 12.2 Å². The molecule has 17 heavy (non-hydrogen) atoms. The number of halogens is 1. The zero-order valence-electron chi connectivity index (χ0n) is 9.38. The van der Waals surface area contributed by atoms with E-state index in [1.54, 1.807) is 0 Å². The van der Waals surface area contributed by atoms with Gasteiger partial charge in [-0.05, 0) is 12.8 Å². The summed E-state index contributed by atoms with van der Waals surface area (Å²) in [6.07, 6.45) is 1.79. The highest BCUT2D eigenvalue weighted by molar-refractivity contribution is 5.93. The molecule has 0 spiro atoms. The Kier molecular flexibility index (Phi) is 5.09. The highest BCUT2D eigenvalue weighted by Crippen LogP contribution is 2.20. The van der Waals surface area contributed by atoms with E-state index >= 15 is 0 Å². The van der Waals surface area contributed by atoms with Crippen LogP contribution >= 0.6 is 0 Å². The molecule has 1 amide bonds. The van der Waals surface area contributed by atoms with Crippen LogP contribution in [0.15, 0.2) is 12.2 Å². The van der Waals surface area contributed by atoms with Crippen molar-refractivity contribution < 1.29 is 24.2 Å². The van der Waals surface area contributed by atoms with E-state index in [-0.39, 0.29) is 18.9 Å². The van der Waals surface area contributed by atoms with Crippen LogP contribution in [0.3, 0.4) is 0 Å². The average Bonchev–Trinajstić information content (AvgIpc) is 2.29. The lowest BCUT2D eigenvalue weighted by atomic mass is 9.92. The van der Waals surface area contributed by atoms with E-state index in [1.807, 2.05) is 0 Å². The van der Waals surface area contributed by atoms with Gasteiger partial charge in [0.05, 0.1) is 12.8 Å². The quantitative estimate of drug-likeness (QED) is 0.693. The predicted molar refractivity (Wildman–Crippen MR) is 58.1 cm³/mol. The second-order valence-electron chi connectivity index (χ2n) is 4.05. The number of likely N-dealkylation sites (tertiary alicyclic amines) is 1. The largest absolute Gasteiger partial charge is 0.478 e. The molecule has 1 aliphatic heterocycles. The first-order valence-electron chi connectivity index (χ1n) is 5.48. The first-order chi connectivity index (χ1) is 8.04. The lowest BCUT2D eigenvalue weighted by Crippen LogP contribution is -2.45. The molecule has 0 aromatic carbocycles. The maximum atomic E-state index is 12.2. The van der Waals surface area contributed by atoms with Crippen molar-refractivity contribution in [2.45, 2.75) is 18.9 Å². The molecule has 0 aromatic heterocycles. The van der Waals surface area contributed by atoms with E-state index in [4.69, 9.17) is 5.11 Å². The molecule has 0 bridgehead atoms. The third-order valence-corrected chi connectivity index (χ3v) is 2.85. The number of amides is 1.